The summed E-state index contributed by atoms with van der Waals surface area (Å²) in [6.45, 7) is 5.83. The van der Waals surface area contributed by atoms with Crippen molar-refractivity contribution in [2.75, 3.05) is 6.61 Å². The molecule has 5 heteroatoms. The first-order valence-electron chi connectivity index (χ1n) is 7.14. The molecule has 114 valence electrons. The maximum Gasteiger partial charge on any atom is 0.323 e. The Morgan fingerprint density at radius 2 is 2.00 bits per heavy atom. The van der Waals surface area contributed by atoms with E-state index < -0.39 is 12.1 Å². The molecule has 1 heterocycles. The number of benzene rings is 1. The Bertz CT molecular complexity index is 508. The Morgan fingerprint density at radius 1 is 1.33 bits per heavy atom. The Morgan fingerprint density at radius 3 is 2.62 bits per heavy atom. The molecular formula is C16H22N2O3. The van der Waals surface area contributed by atoms with E-state index in [1.807, 2.05) is 51.1 Å². The van der Waals surface area contributed by atoms with E-state index in [1.54, 1.807) is 0 Å². The van der Waals surface area contributed by atoms with E-state index >= 15 is 0 Å². The lowest BCUT2D eigenvalue weighted by Gasteiger charge is -2.31. The number of nitrogens with one attached hydrogen (secondary N) is 2. The predicted octanol–water partition coefficient (Wildman–Crippen LogP) is 1.03. The van der Waals surface area contributed by atoms with Gasteiger partial charge in [0.2, 0.25) is 5.91 Å². The summed E-state index contributed by atoms with van der Waals surface area (Å²) in [5, 5.41) is 5.98. The SMILES string of the molecule is CC(C)(C)NC(=O)[C@@H]1COC(=O)[C@H](Cc2ccccc2)N1. The normalized spacial score (nSPS) is 22.5. The summed E-state index contributed by atoms with van der Waals surface area (Å²) in [6.07, 6.45) is 0.513. The van der Waals surface area contributed by atoms with Crippen LogP contribution in [0, 0.1) is 0 Å². The summed E-state index contributed by atoms with van der Waals surface area (Å²) in [4.78, 5) is 24.0. The van der Waals surface area contributed by atoms with E-state index in [9.17, 15) is 9.59 Å². The van der Waals surface area contributed by atoms with Crippen molar-refractivity contribution in [1.29, 1.82) is 0 Å². The number of hydrogen-bond acceptors (Lipinski definition) is 4. The molecule has 5 nitrogen and oxygen atoms in total. The topological polar surface area (TPSA) is 67.4 Å². The molecule has 0 radical (unpaired) electrons. The zero-order valence-electron chi connectivity index (χ0n) is 12.7. The van der Waals surface area contributed by atoms with Crippen molar-refractivity contribution < 1.29 is 14.3 Å². The van der Waals surface area contributed by atoms with Crippen LogP contribution < -0.4 is 10.6 Å². The molecule has 1 aromatic carbocycles. The Labute approximate surface area is 125 Å². The Kier molecular flexibility index (Phi) is 4.63. The number of carbonyl (C=O) groups excluding carboxylic acids is 2. The van der Waals surface area contributed by atoms with Crippen molar-refractivity contribution >= 4 is 11.9 Å². The number of esters is 1. The molecule has 1 aliphatic heterocycles. The van der Waals surface area contributed by atoms with E-state index in [1.165, 1.54) is 0 Å². The van der Waals surface area contributed by atoms with Crippen LogP contribution in [0.4, 0.5) is 0 Å². The average Bonchev–Trinajstić information content (AvgIpc) is 2.40. The lowest BCUT2D eigenvalue weighted by molar-refractivity contribution is -0.153. The molecule has 0 bridgehead atoms. The van der Waals surface area contributed by atoms with Crippen LogP contribution in [0.25, 0.3) is 0 Å². The van der Waals surface area contributed by atoms with E-state index in [2.05, 4.69) is 10.6 Å². The second kappa shape index (κ2) is 6.26. The first-order chi connectivity index (χ1) is 9.85. The fourth-order valence-corrected chi connectivity index (χ4v) is 2.23. The van der Waals surface area contributed by atoms with Crippen LogP contribution >= 0.6 is 0 Å². The number of hydrogen-bond donors (Lipinski definition) is 2. The van der Waals surface area contributed by atoms with Gasteiger partial charge in [-0.15, -0.1) is 0 Å². The number of ether oxygens (including phenoxy) is 1. The minimum atomic E-state index is -0.504. The molecule has 2 atom stereocenters. The number of carbonyl (C=O) groups is 2. The fourth-order valence-electron chi connectivity index (χ4n) is 2.23. The summed E-state index contributed by atoms with van der Waals surface area (Å²) in [6, 6.07) is 8.69. The molecule has 0 unspecified atom stereocenters. The fraction of sp³-hybridized carbons (Fsp3) is 0.500. The van der Waals surface area contributed by atoms with Gasteiger partial charge in [-0.2, -0.15) is 0 Å². The molecule has 0 aromatic heterocycles. The number of morpholine rings is 1. The van der Waals surface area contributed by atoms with Crippen molar-refractivity contribution in [1.82, 2.24) is 10.6 Å². The molecule has 1 aliphatic rings. The predicted molar refractivity (Wildman–Crippen MR) is 79.7 cm³/mol. The highest BCUT2D eigenvalue weighted by atomic mass is 16.5. The third-order valence-corrected chi connectivity index (χ3v) is 3.18. The lowest BCUT2D eigenvalue weighted by atomic mass is 10.0. The van der Waals surface area contributed by atoms with Gasteiger partial charge in [0.05, 0.1) is 0 Å². The van der Waals surface area contributed by atoms with Gasteiger partial charge in [-0.3, -0.25) is 14.9 Å². The minimum Gasteiger partial charge on any atom is -0.462 e. The second-order valence-corrected chi connectivity index (χ2v) is 6.33. The van der Waals surface area contributed by atoms with Crippen LogP contribution in [-0.2, 0) is 20.7 Å². The zero-order chi connectivity index (χ0) is 15.5. The molecule has 1 aromatic rings. The van der Waals surface area contributed by atoms with Crippen LogP contribution in [0.1, 0.15) is 26.3 Å². The van der Waals surface area contributed by atoms with Crippen LogP contribution in [0.2, 0.25) is 0 Å². The van der Waals surface area contributed by atoms with Gasteiger partial charge in [0.1, 0.15) is 18.7 Å². The number of rotatable bonds is 3. The van der Waals surface area contributed by atoms with Crippen molar-refractivity contribution in [2.45, 2.75) is 44.8 Å². The number of cyclic esters (lactones) is 1. The van der Waals surface area contributed by atoms with Crippen LogP contribution in [-0.4, -0.2) is 36.1 Å². The third kappa shape index (κ3) is 4.56. The monoisotopic (exact) mass is 290 g/mol. The summed E-state index contributed by atoms with van der Waals surface area (Å²) in [7, 11) is 0. The van der Waals surface area contributed by atoms with E-state index in [4.69, 9.17) is 4.74 Å². The molecule has 21 heavy (non-hydrogen) atoms. The van der Waals surface area contributed by atoms with Crippen molar-refractivity contribution in [3.8, 4) is 0 Å². The summed E-state index contributed by atoms with van der Waals surface area (Å²) in [5.74, 6) is -0.452. The highest BCUT2D eigenvalue weighted by Gasteiger charge is 2.34. The highest BCUT2D eigenvalue weighted by Crippen LogP contribution is 2.10. The first kappa shape index (κ1) is 15.5. The molecule has 2 N–H and O–H groups in total. The van der Waals surface area contributed by atoms with Gasteiger partial charge in [0, 0.05) is 5.54 Å². The van der Waals surface area contributed by atoms with Crippen molar-refractivity contribution in [3.63, 3.8) is 0 Å². The molecule has 0 saturated carbocycles. The van der Waals surface area contributed by atoms with Gasteiger partial charge < -0.3 is 10.1 Å². The minimum absolute atomic E-state index is 0.0754. The Balaban J connectivity index is 1.99. The smallest absolute Gasteiger partial charge is 0.323 e. The van der Waals surface area contributed by atoms with Crippen molar-refractivity contribution in [2.24, 2.45) is 0 Å². The highest BCUT2D eigenvalue weighted by molar-refractivity contribution is 5.86. The lowest BCUT2D eigenvalue weighted by Crippen LogP contribution is -2.60. The summed E-state index contributed by atoms with van der Waals surface area (Å²) >= 11 is 0. The maximum absolute atomic E-state index is 12.2. The van der Waals surface area contributed by atoms with Crippen LogP contribution in [0.5, 0.6) is 0 Å². The summed E-state index contributed by atoms with van der Waals surface area (Å²) in [5.41, 5.74) is 0.721. The van der Waals surface area contributed by atoms with E-state index in [0.717, 1.165) is 5.56 Å². The standard InChI is InChI=1S/C16H22N2O3/c1-16(2,3)18-14(19)13-10-21-15(20)12(17-13)9-11-7-5-4-6-8-11/h4-8,12-13,17H,9-10H2,1-3H3,(H,18,19)/t12-,13-/m0/s1. The Hall–Kier alpha value is -1.88. The molecule has 0 spiro atoms. The molecule has 1 amide bonds. The largest absolute Gasteiger partial charge is 0.462 e. The molecule has 1 fully saturated rings. The quantitative estimate of drug-likeness (QED) is 0.816. The average molecular weight is 290 g/mol. The molecule has 2 rings (SSSR count). The summed E-state index contributed by atoms with van der Waals surface area (Å²) < 4.78 is 5.15. The van der Waals surface area contributed by atoms with Gasteiger partial charge in [-0.05, 0) is 32.8 Å². The maximum atomic E-state index is 12.2. The van der Waals surface area contributed by atoms with Gasteiger partial charge in [-0.1, -0.05) is 30.3 Å². The molecule has 0 aliphatic carbocycles. The number of amides is 1. The first-order valence-corrected chi connectivity index (χ1v) is 7.14. The van der Waals surface area contributed by atoms with E-state index in [0.29, 0.717) is 6.42 Å². The third-order valence-electron chi connectivity index (χ3n) is 3.18. The van der Waals surface area contributed by atoms with Gasteiger partial charge >= 0.3 is 5.97 Å². The molecule has 1 saturated heterocycles. The second-order valence-electron chi connectivity index (χ2n) is 6.33. The van der Waals surface area contributed by atoms with Crippen LogP contribution in [0.3, 0.4) is 0 Å². The van der Waals surface area contributed by atoms with Gasteiger partial charge in [0.15, 0.2) is 0 Å². The van der Waals surface area contributed by atoms with Crippen molar-refractivity contribution in [3.05, 3.63) is 35.9 Å². The van der Waals surface area contributed by atoms with E-state index in [-0.39, 0.29) is 24.0 Å². The van der Waals surface area contributed by atoms with Gasteiger partial charge in [-0.25, -0.2) is 0 Å². The zero-order valence-corrected chi connectivity index (χ0v) is 12.7. The molecular weight excluding hydrogens is 268 g/mol. The van der Waals surface area contributed by atoms with Gasteiger partial charge in [0.25, 0.3) is 0 Å². The van der Waals surface area contributed by atoms with Crippen LogP contribution in [0.15, 0.2) is 30.3 Å².